The summed E-state index contributed by atoms with van der Waals surface area (Å²) in [4.78, 5) is 36.1. The lowest BCUT2D eigenvalue weighted by Gasteiger charge is -2.16. The molecule has 3 aliphatic carbocycles. The van der Waals surface area contributed by atoms with E-state index in [0.717, 1.165) is 94.5 Å². The summed E-state index contributed by atoms with van der Waals surface area (Å²) >= 11 is 0. The molecule has 0 saturated carbocycles. The molecule has 0 amide bonds. The monoisotopic (exact) mass is 1690 g/mol. The van der Waals surface area contributed by atoms with Gasteiger partial charge in [-0.25, -0.2) is 24.9 Å². The van der Waals surface area contributed by atoms with Crippen LogP contribution in [0.25, 0.3) is 282 Å². The van der Waals surface area contributed by atoms with E-state index in [-0.39, 0.29) is 0 Å². The molecule has 10 heteroatoms. The van der Waals surface area contributed by atoms with Crippen LogP contribution in [0, 0.1) is 0 Å². The van der Waals surface area contributed by atoms with Crippen LogP contribution in [0.15, 0.2) is 437 Å². The van der Waals surface area contributed by atoms with E-state index in [2.05, 4.69) is 408 Å². The molecule has 7 aromatic heterocycles. The Bertz CT molecular complexity index is 9650. The summed E-state index contributed by atoms with van der Waals surface area (Å²) < 4.78 is 6.84. The van der Waals surface area contributed by atoms with Gasteiger partial charge in [0.05, 0.1) is 61.0 Å². The molecule has 0 bridgehead atoms. The van der Waals surface area contributed by atoms with Crippen molar-refractivity contribution in [2.45, 2.75) is 0 Å². The van der Waals surface area contributed by atoms with Crippen LogP contribution in [0.3, 0.4) is 0 Å². The zero-order chi connectivity index (χ0) is 87.0. The number of rotatable bonds is 8. The van der Waals surface area contributed by atoms with Crippen LogP contribution in [0.5, 0.6) is 0 Å². The van der Waals surface area contributed by atoms with Crippen molar-refractivity contribution in [3.05, 3.63) is 437 Å². The second-order valence-corrected chi connectivity index (χ2v) is 34.8. The number of pyridine rings is 2. The number of hydrogen-bond donors (Lipinski definition) is 0. The lowest BCUT2D eigenvalue weighted by atomic mass is 9.89. The predicted octanol–water partition coefficient (Wildman–Crippen LogP) is 31.5. The summed E-state index contributed by atoms with van der Waals surface area (Å²) in [7, 11) is 0. The molecule has 30 rings (SSSR count). The molecule has 27 aromatic rings. The van der Waals surface area contributed by atoms with Crippen molar-refractivity contribution in [2.24, 2.45) is 0 Å². The first-order valence-corrected chi connectivity index (χ1v) is 45.2. The normalized spacial score (nSPS) is 12.1. The molecule has 0 aliphatic heterocycles. The van der Waals surface area contributed by atoms with E-state index in [1.807, 2.05) is 42.5 Å². The van der Waals surface area contributed by atoms with Gasteiger partial charge in [0.1, 0.15) is 5.82 Å². The molecule has 7 heterocycles. The fraction of sp³-hybridized carbons (Fsp3) is 0. The molecule has 10 nitrogen and oxygen atoms in total. The summed E-state index contributed by atoms with van der Waals surface area (Å²) in [5.74, 6) is 3.46. The van der Waals surface area contributed by atoms with E-state index >= 15 is 0 Å². The molecular formula is C123H72N10. The number of nitrogens with zero attached hydrogens (tertiary/aromatic N) is 10. The van der Waals surface area contributed by atoms with Gasteiger partial charge in [0, 0.05) is 60.0 Å². The molecule has 0 radical (unpaired) electrons. The first kappa shape index (κ1) is 74.1. The fourth-order valence-electron chi connectivity index (χ4n) is 21.8. The number of para-hydroxylation sites is 1. The second-order valence-electron chi connectivity index (χ2n) is 34.8. The Labute approximate surface area is 762 Å². The molecule has 133 heavy (non-hydrogen) atoms. The molecule has 0 unspecified atom stereocenters. The number of aromatic nitrogens is 10. The summed E-state index contributed by atoms with van der Waals surface area (Å²) in [6, 6.07) is 156. The Kier molecular flexibility index (Phi) is 16.3. The molecule has 614 valence electrons. The van der Waals surface area contributed by atoms with Gasteiger partial charge < -0.3 is 0 Å². The maximum Gasteiger partial charge on any atom is 0.238 e. The van der Waals surface area contributed by atoms with Crippen molar-refractivity contribution >= 4 is 141 Å². The SMILES string of the molecule is c1ccc(-c2ccc(-c3nc(-c4ccccc4)nc(-n4c5cccc6c5c5c7c(cccc7ccc54)-c4ccccc4-6)n3)cc2)cc1.c1ccc(-c2ccc3nc(-n4c5cccc6c5c5c7c(cccc7ccc54)-c4ccc5ccccc5c4-6)ccc3n2)cc1.c1ccc2c(c1)-c1cccc3ccc4c(c13)c1c-2cccc1n4-c1nc(-c2ccc3ccccc3c2)c2ccccc2n1. The van der Waals surface area contributed by atoms with Gasteiger partial charge >= 0.3 is 0 Å². The first-order chi connectivity index (χ1) is 66.0. The highest BCUT2D eigenvalue weighted by Crippen LogP contribution is 2.55. The Morgan fingerprint density at radius 2 is 0.549 bits per heavy atom. The maximum atomic E-state index is 5.37. The molecule has 0 N–H and O–H groups in total. The average molecular weight is 1690 g/mol. The molecule has 0 spiro atoms. The van der Waals surface area contributed by atoms with Crippen LogP contribution in [0.1, 0.15) is 0 Å². The minimum Gasteiger partial charge on any atom is -0.294 e. The van der Waals surface area contributed by atoms with Crippen LogP contribution in [-0.2, 0) is 0 Å². The van der Waals surface area contributed by atoms with E-state index in [1.54, 1.807) is 0 Å². The van der Waals surface area contributed by atoms with Gasteiger partial charge in [0.25, 0.3) is 0 Å². The van der Waals surface area contributed by atoms with Gasteiger partial charge in [-0.2, -0.15) is 9.97 Å². The van der Waals surface area contributed by atoms with Gasteiger partial charge in [0.2, 0.25) is 11.9 Å². The van der Waals surface area contributed by atoms with Gasteiger partial charge in [-0.1, -0.05) is 364 Å². The summed E-state index contributed by atoms with van der Waals surface area (Å²) in [6.07, 6.45) is 0. The van der Waals surface area contributed by atoms with E-state index in [1.165, 1.54) is 164 Å². The third-order valence-electron chi connectivity index (χ3n) is 27.6. The fourth-order valence-corrected chi connectivity index (χ4v) is 21.8. The van der Waals surface area contributed by atoms with Crippen molar-refractivity contribution in [1.29, 1.82) is 0 Å². The summed E-state index contributed by atoms with van der Waals surface area (Å²) in [5, 5.41) is 21.1. The van der Waals surface area contributed by atoms with Crippen molar-refractivity contribution in [3.63, 3.8) is 0 Å². The van der Waals surface area contributed by atoms with Crippen molar-refractivity contribution < 1.29 is 0 Å². The third kappa shape index (κ3) is 11.4. The highest BCUT2D eigenvalue weighted by atomic mass is 15.2. The van der Waals surface area contributed by atoms with Crippen molar-refractivity contribution in [1.82, 2.24) is 48.6 Å². The van der Waals surface area contributed by atoms with Crippen molar-refractivity contribution in [2.75, 3.05) is 0 Å². The van der Waals surface area contributed by atoms with E-state index in [4.69, 9.17) is 34.9 Å². The number of hydrogen-bond acceptors (Lipinski definition) is 7. The van der Waals surface area contributed by atoms with Gasteiger partial charge in [-0.05, 0) is 205 Å². The Balaban J connectivity index is 0.0000000997. The highest BCUT2D eigenvalue weighted by Gasteiger charge is 2.32. The molecule has 0 saturated heterocycles. The van der Waals surface area contributed by atoms with Crippen LogP contribution >= 0.6 is 0 Å². The quantitative estimate of drug-likeness (QED) is 0.149. The van der Waals surface area contributed by atoms with E-state index < -0.39 is 0 Å². The largest absolute Gasteiger partial charge is 0.294 e. The standard InChI is InChI=1S/C43H26N4.2C40H23N3/c1-3-11-27(12-4-1)28-21-23-31(24-22-28)42-44-41(30-13-5-2-6-14-30)45-43(46-42)47-36-20-10-19-35-33-17-8-7-16-32(33)34-18-9-15-29-25-26-37(47)40(38(29)34)39(35)36;1-2-10-26-23-27(20-19-24(26)9-1)39-32-14-5-6-17-33(32)41-40(42-39)43-34-18-8-16-31-29-13-4-3-12-28(29)30-15-7-11-25-21-22-35(43)38(36(25)30)37(31)34;1-2-9-25(10-3-1)31-19-20-33-32(41-31)21-23-36(42-33)43-34-15-7-14-30-38-27-12-5-4-8-24(27)16-18-29(38)28-13-6-11-26-17-22-35(43)40(37(26)28)39(30)34/h1-26H;2*1-23H. The lowest BCUT2D eigenvalue weighted by Crippen LogP contribution is -2.06. The molecule has 3 aliphatic rings. The van der Waals surface area contributed by atoms with Gasteiger partial charge in [-0.3, -0.25) is 13.7 Å². The molecule has 20 aromatic carbocycles. The van der Waals surface area contributed by atoms with Gasteiger partial charge in [-0.15, -0.1) is 0 Å². The van der Waals surface area contributed by atoms with Crippen LogP contribution < -0.4 is 0 Å². The van der Waals surface area contributed by atoms with E-state index in [9.17, 15) is 0 Å². The Morgan fingerprint density at radius 1 is 0.165 bits per heavy atom. The van der Waals surface area contributed by atoms with Crippen molar-refractivity contribution in [3.8, 4) is 141 Å². The molecular weight excluding hydrogens is 1620 g/mol. The molecule has 0 atom stereocenters. The minimum absolute atomic E-state index is 0.601. The number of benzene rings is 20. The zero-order valence-corrected chi connectivity index (χ0v) is 71.5. The van der Waals surface area contributed by atoms with Gasteiger partial charge in [0.15, 0.2) is 11.6 Å². The zero-order valence-electron chi connectivity index (χ0n) is 71.5. The topological polar surface area (TPSA) is 105 Å². The number of fused-ring (bicyclic) bond motifs is 14. The Morgan fingerprint density at radius 3 is 1.14 bits per heavy atom. The summed E-state index contributed by atoms with van der Waals surface area (Å²) in [6.45, 7) is 0. The smallest absolute Gasteiger partial charge is 0.238 e. The highest BCUT2D eigenvalue weighted by molar-refractivity contribution is 6.34. The summed E-state index contributed by atoms with van der Waals surface area (Å²) in [5.41, 5.74) is 32.9. The Hall–Kier alpha value is -18.0. The average Bonchev–Trinajstić information content (AvgIpc) is 1.55. The van der Waals surface area contributed by atoms with Crippen LogP contribution in [0.2, 0.25) is 0 Å². The first-order valence-electron chi connectivity index (χ1n) is 45.2. The molecule has 0 fully saturated rings. The third-order valence-corrected chi connectivity index (χ3v) is 27.6. The second kappa shape index (κ2) is 29.3. The minimum atomic E-state index is 0.601. The van der Waals surface area contributed by atoms with Crippen LogP contribution in [0.4, 0.5) is 0 Å². The predicted molar refractivity (Wildman–Crippen MR) is 550 cm³/mol. The van der Waals surface area contributed by atoms with E-state index in [0.29, 0.717) is 23.5 Å². The van der Waals surface area contributed by atoms with Crippen LogP contribution in [-0.4, -0.2) is 48.6 Å². The lowest BCUT2D eigenvalue weighted by molar-refractivity contribution is 0.953. The maximum absolute atomic E-state index is 5.37.